The van der Waals surface area contributed by atoms with Crippen molar-refractivity contribution in [3.05, 3.63) is 29.8 Å². The van der Waals surface area contributed by atoms with Crippen LogP contribution in [0.3, 0.4) is 0 Å². The van der Waals surface area contributed by atoms with Crippen LogP contribution < -0.4 is 10.1 Å². The minimum Gasteiger partial charge on any atom is -0.493 e. The van der Waals surface area contributed by atoms with Crippen molar-refractivity contribution in [2.24, 2.45) is 0 Å². The Hall–Kier alpha value is -1.06. The first-order chi connectivity index (χ1) is 8.88. The third kappa shape index (κ3) is 2.25. The van der Waals surface area contributed by atoms with Gasteiger partial charge in [0.25, 0.3) is 0 Å². The van der Waals surface area contributed by atoms with Gasteiger partial charge in [-0.05, 0) is 12.5 Å². The first-order valence-corrected chi connectivity index (χ1v) is 7.05. The lowest BCUT2D eigenvalue weighted by molar-refractivity contribution is 0.141. The molecular weight excluding hydrogens is 224 g/mol. The molecule has 1 fully saturated rings. The Balaban J connectivity index is 1.70. The number of fused-ring (bicyclic) bond motifs is 1. The van der Waals surface area contributed by atoms with E-state index in [1.165, 1.54) is 12.0 Å². The van der Waals surface area contributed by atoms with Gasteiger partial charge in [0.1, 0.15) is 5.75 Å². The van der Waals surface area contributed by atoms with Gasteiger partial charge in [-0.1, -0.05) is 25.1 Å². The van der Waals surface area contributed by atoms with E-state index in [2.05, 4.69) is 41.4 Å². The van der Waals surface area contributed by atoms with E-state index >= 15 is 0 Å². The van der Waals surface area contributed by atoms with Crippen LogP contribution in [0.25, 0.3) is 0 Å². The molecule has 2 unspecified atom stereocenters. The summed E-state index contributed by atoms with van der Waals surface area (Å²) < 4.78 is 5.78. The highest BCUT2D eigenvalue weighted by Crippen LogP contribution is 2.34. The molecule has 0 amide bonds. The molecule has 2 atom stereocenters. The Labute approximate surface area is 109 Å². The first-order valence-electron chi connectivity index (χ1n) is 7.05. The topological polar surface area (TPSA) is 24.5 Å². The van der Waals surface area contributed by atoms with E-state index in [1.54, 1.807) is 0 Å². The molecule has 1 aromatic carbocycles. The maximum Gasteiger partial charge on any atom is 0.122 e. The van der Waals surface area contributed by atoms with Crippen LogP contribution in [0.5, 0.6) is 5.75 Å². The van der Waals surface area contributed by atoms with Crippen LogP contribution in [-0.2, 0) is 0 Å². The molecule has 98 valence electrons. The second-order valence-electron chi connectivity index (χ2n) is 5.31. The third-order valence-electron chi connectivity index (χ3n) is 4.20. The predicted octanol–water partition coefficient (Wildman–Crippen LogP) is 1.85. The molecule has 0 aromatic heterocycles. The Morgan fingerprint density at radius 3 is 3.17 bits per heavy atom. The van der Waals surface area contributed by atoms with Crippen LogP contribution in [0.2, 0.25) is 0 Å². The summed E-state index contributed by atoms with van der Waals surface area (Å²) in [6.45, 7) is 7.68. The quantitative estimate of drug-likeness (QED) is 0.881. The van der Waals surface area contributed by atoms with Crippen molar-refractivity contribution in [3.8, 4) is 5.75 Å². The summed E-state index contributed by atoms with van der Waals surface area (Å²) in [6.07, 6.45) is 1.22. The zero-order valence-corrected chi connectivity index (χ0v) is 11.1. The number of nitrogens with one attached hydrogen (secondary N) is 1. The van der Waals surface area contributed by atoms with Crippen LogP contribution >= 0.6 is 0 Å². The second kappa shape index (κ2) is 5.29. The van der Waals surface area contributed by atoms with E-state index in [0.29, 0.717) is 12.0 Å². The largest absolute Gasteiger partial charge is 0.493 e. The lowest BCUT2D eigenvalue weighted by atomic mass is 9.99. The van der Waals surface area contributed by atoms with Crippen molar-refractivity contribution in [3.63, 3.8) is 0 Å². The summed E-state index contributed by atoms with van der Waals surface area (Å²) in [6, 6.07) is 9.17. The van der Waals surface area contributed by atoms with Gasteiger partial charge in [-0.25, -0.2) is 0 Å². The van der Waals surface area contributed by atoms with E-state index in [9.17, 15) is 0 Å². The summed E-state index contributed by atoms with van der Waals surface area (Å²) in [5.41, 5.74) is 1.39. The van der Waals surface area contributed by atoms with Gasteiger partial charge in [-0.3, -0.25) is 4.90 Å². The Morgan fingerprint density at radius 1 is 1.39 bits per heavy atom. The van der Waals surface area contributed by atoms with E-state index in [0.717, 1.165) is 38.5 Å². The predicted molar refractivity (Wildman–Crippen MR) is 73.2 cm³/mol. The van der Waals surface area contributed by atoms with Gasteiger partial charge in [-0.2, -0.15) is 0 Å². The minimum atomic E-state index is 0.549. The summed E-state index contributed by atoms with van der Waals surface area (Å²) in [4.78, 5) is 2.63. The zero-order valence-electron chi connectivity index (χ0n) is 11.1. The van der Waals surface area contributed by atoms with Crippen molar-refractivity contribution in [2.45, 2.75) is 25.3 Å². The average molecular weight is 246 g/mol. The molecule has 3 heteroatoms. The second-order valence-corrected chi connectivity index (χ2v) is 5.31. The van der Waals surface area contributed by atoms with Crippen LogP contribution in [-0.4, -0.2) is 43.7 Å². The van der Waals surface area contributed by atoms with Crippen molar-refractivity contribution >= 4 is 0 Å². The number of hydrogen-bond donors (Lipinski definition) is 1. The SMILES string of the molecule is CCC1CNCCN1CC1COc2ccccc21. The summed E-state index contributed by atoms with van der Waals surface area (Å²) in [7, 11) is 0. The van der Waals surface area contributed by atoms with Crippen LogP contribution in [0.1, 0.15) is 24.8 Å². The molecule has 3 nitrogen and oxygen atoms in total. The standard InChI is InChI=1S/C15H22N2O/c1-2-13-9-16-7-8-17(13)10-12-11-18-15-6-4-3-5-14(12)15/h3-6,12-13,16H,2,7-11H2,1H3. The molecular formula is C15H22N2O. The maximum atomic E-state index is 5.78. The van der Waals surface area contributed by atoms with Gasteiger partial charge >= 0.3 is 0 Å². The van der Waals surface area contributed by atoms with Crippen molar-refractivity contribution in [1.29, 1.82) is 0 Å². The number of piperazine rings is 1. The van der Waals surface area contributed by atoms with Crippen molar-refractivity contribution in [2.75, 3.05) is 32.8 Å². The van der Waals surface area contributed by atoms with E-state index in [4.69, 9.17) is 4.74 Å². The molecule has 3 rings (SSSR count). The lowest BCUT2D eigenvalue weighted by Gasteiger charge is -2.37. The van der Waals surface area contributed by atoms with Gasteiger partial charge in [0.2, 0.25) is 0 Å². The van der Waals surface area contributed by atoms with E-state index in [-0.39, 0.29) is 0 Å². The molecule has 0 saturated carbocycles. The Morgan fingerprint density at radius 2 is 2.28 bits per heavy atom. The van der Waals surface area contributed by atoms with Crippen LogP contribution in [0.15, 0.2) is 24.3 Å². The molecule has 2 aliphatic heterocycles. The highest BCUT2D eigenvalue weighted by atomic mass is 16.5. The molecule has 0 aliphatic carbocycles. The zero-order chi connectivity index (χ0) is 12.4. The van der Waals surface area contributed by atoms with Gasteiger partial charge < -0.3 is 10.1 Å². The fourth-order valence-corrected chi connectivity index (χ4v) is 3.11. The fraction of sp³-hybridized carbons (Fsp3) is 0.600. The molecule has 2 heterocycles. The van der Waals surface area contributed by atoms with Gasteiger partial charge in [-0.15, -0.1) is 0 Å². The minimum absolute atomic E-state index is 0.549. The average Bonchev–Trinajstić information content (AvgIpc) is 2.83. The highest BCUT2D eigenvalue weighted by molar-refractivity contribution is 5.39. The maximum absolute atomic E-state index is 5.78. The number of hydrogen-bond acceptors (Lipinski definition) is 3. The first kappa shape index (κ1) is 12.0. The van der Waals surface area contributed by atoms with Crippen LogP contribution in [0.4, 0.5) is 0 Å². The summed E-state index contributed by atoms with van der Waals surface area (Å²) in [5.74, 6) is 1.64. The fourth-order valence-electron chi connectivity index (χ4n) is 3.11. The number of nitrogens with zero attached hydrogens (tertiary/aromatic N) is 1. The lowest BCUT2D eigenvalue weighted by Crippen LogP contribution is -2.52. The Kier molecular flexibility index (Phi) is 3.52. The van der Waals surface area contributed by atoms with Gasteiger partial charge in [0, 0.05) is 43.7 Å². The van der Waals surface area contributed by atoms with Crippen molar-refractivity contribution < 1.29 is 4.74 Å². The smallest absolute Gasteiger partial charge is 0.122 e. The molecule has 0 radical (unpaired) electrons. The molecule has 2 aliphatic rings. The Bertz CT molecular complexity index is 407. The van der Waals surface area contributed by atoms with Gasteiger partial charge in [0.05, 0.1) is 6.61 Å². The molecule has 0 spiro atoms. The molecule has 18 heavy (non-hydrogen) atoms. The van der Waals surface area contributed by atoms with Crippen LogP contribution in [0, 0.1) is 0 Å². The molecule has 1 N–H and O–H groups in total. The highest BCUT2D eigenvalue weighted by Gasteiger charge is 2.29. The molecule has 1 saturated heterocycles. The normalized spacial score (nSPS) is 27.8. The van der Waals surface area contributed by atoms with Crippen molar-refractivity contribution in [1.82, 2.24) is 10.2 Å². The van der Waals surface area contributed by atoms with E-state index < -0.39 is 0 Å². The van der Waals surface area contributed by atoms with Gasteiger partial charge in [0.15, 0.2) is 0 Å². The third-order valence-corrected chi connectivity index (χ3v) is 4.20. The number of benzene rings is 1. The molecule has 1 aromatic rings. The number of ether oxygens (including phenoxy) is 1. The summed E-state index contributed by atoms with van der Waals surface area (Å²) >= 11 is 0. The summed E-state index contributed by atoms with van der Waals surface area (Å²) in [5, 5.41) is 3.49. The molecule has 0 bridgehead atoms. The number of para-hydroxylation sites is 1. The van der Waals surface area contributed by atoms with E-state index in [1.807, 2.05) is 0 Å². The monoisotopic (exact) mass is 246 g/mol. The number of rotatable bonds is 3.